The molecule has 2 heterocycles. The van der Waals surface area contributed by atoms with Gasteiger partial charge in [0.1, 0.15) is 19.0 Å². The van der Waals surface area contributed by atoms with Gasteiger partial charge in [-0.15, -0.1) is 0 Å². The fraction of sp³-hybridized carbons (Fsp3) is 0.208. The van der Waals surface area contributed by atoms with E-state index >= 15 is 0 Å². The van der Waals surface area contributed by atoms with Crippen LogP contribution in [0.2, 0.25) is 0 Å². The highest BCUT2D eigenvalue weighted by molar-refractivity contribution is 6.10. The van der Waals surface area contributed by atoms with Gasteiger partial charge in [0.05, 0.1) is 18.8 Å². The van der Waals surface area contributed by atoms with E-state index in [1.165, 1.54) is 0 Å². The second-order valence-corrected chi connectivity index (χ2v) is 6.88. The summed E-state index contributed by atoms with van der Waals surface area (Å²) in [5.74, 6) is 2.04. The fourth-order valence-electron chi connectivity index (χ4n) is 3.07. The standard InChI is InChI=1S/C24H24N4O4/c1-2-30-20-9-6-17(7-10-20)23(29)28-24(26-16-19-5-3-4-12-25-19)27-18-8-11-21-22(15-18)32-14-13-31-21/h3-12,15H,2,13-14,16H2,1H3,(H2,26,27,28,29). The second-order valence-electron chi connectivity index (χ2n) is 6.88. The Morgan fingerprint density at radius 2 is 1.88 bits per heavy atom. The largest absolute Gasteiger partial charge is 0.494 e. The number of benzene rings is 2. The van der Waals surface area contributed by atoms with Crippen molar-refractivity contribution < 1.29 is 19.0 Å². The summed E-state index contributed by atoms with van der Waals surface area (Å²) in [6.45, 7) is 3.79. The van der Waals surface area contributed by atoms with E-state index in [2.05, 4.69) is 20.6 Å². The first-order chi connectivity index (χ1) is 15.7. The van der Waals surface area contributed by atoms with Gasteiger partial charge in [-0.3, -0.25) is 15.1 Å². The minimum atomic E-state index is -0.294. The zero-order chi connectivity index (χ0) is 22.2. The van der Waals surface area contributed by atoms with Crippen molar-refractivity contribution >= 4 is 17.6 Å². The van der Waals surface area contributed by atoms with Crippen molar-refractivity contribution in [3.63, 3.8) is 0 Å². The van der Waals surface area contributed by atoms with Gasteiger partial charge in [0, 0.05) is 23.5 Å². The Balaban J connectivity index is 1.52. The maximum absolute atomic E-state index is 12.8. The van der Waals surface area contributed by atoms with Crippen LogP contribution in [0.3, 0.4) is 0 Å². The molecule has 0 radical (unpaired) electrons. The highest BCUT2D eigenvalue weighted by Crippen LogP contribution is 2.32. The lowest BCUT2D eigenvalue weighted by Crippen LogP contribution is -2.36. The smallest absolute Gasteiger partial charge is 0.257 e. The number of anilines is 1. The van der Waals surface area contributed by atoms with E-state index in [1.54, 1.807) is 30.5 Å². The topological polar surface area (TPSA) is 94.1 Å². The van der Waals surface area contributed by atoms with Gasteiger partial charge < -0.3 is 19.5 Å². The molecule has 32 heavy (non-hydrogen) atoms. The Bertz CT molecular complexity index is 1080. The van der Waals surface area contributed by atoms with Gasteiger partial charge in [0.15, 0.2) is 11.5 Å². The summed E-state index contributed by atoms with van der Waals surface area (Å²) in [4.78, 5) is 21.6. The molecule has 1 aliphatic rings. The summed E-state index contributed by atoms with van der Waals surface area (Å²) >= 11 is 0. The van der Waals surface area contributed by atoms with Gasteiger partial charge in [-0.2, -0.15) is 0 Å². The molecule has 0 saturated carbocycles. The van der Waals surface area contributed by atoms with Crippen LogP contribution in [0.15, 0.2) is 71.9 Å². The molecule has 0 bridgehead atoms. The number of hydrogen-bond acceptors (Lipinski definition) is 6. The van der Waals surface area contributed by atoms with E-state index in [4.69, 9.17) is 14.2 Å². The lowest BCUT2D eigenvalue weighted by Gasteiger charge is -2.19. The molecule has 3 aromatic rings. The van der Waals surface area contributed by atoms with Gasteiger partial charge in [0.2, 0.25) is 5.96 Å². The number of ether oxygens (including phenoxy) is 3. The molecule has 164 valence electrons. The SMILES string of the molecule is CCOc1ccc(C(=O)NC(=NCc2ccccn2)Nc2ccc3c(c2)OCCO3)cc1. The van der Waals surface area contributed by atoms with Crippen LogP contribution in [0, 0.1) is 0 Å². The van der Waals surface area contributed by atoms with E-state index in [9.17, 15) is 4.79 Å². The summed E-state index contributed by atoms with van der Waals surface area (Å²) in [6.07, 6.45) is 1.71. The number of nitrogens with zero attached hydrogens (tertiary/aromatic N) is 2. The van der Waals surface area contributed by atoms with Gasteiger partial charge in [-0.1, -0.05) is 6.07 Å². The monoisotopic (exact) mass is 432 g/mol. The van der Waals surface area contributed by atoms with E-state index in [1.807, 2.05) is 43.3 Å². The molecule has 2 N–H and O–H groups in total. The molecule has 8 nitrogen and oxygen atoms in total. The average molecular weight is 432 g/mol. The van der Waals surface area contributed by atoms with Crippen LogP contribution < -0.4 is 24.8 Å². The molecule has 0 unspecified atom stereocenters. The van der Waals surface area contributed by atoms with Crippen molar-refractivity contribution in [1.29, 1.82) is 0 Å². The van der Waals surface area contributed by atoms with Crippen LogP contribution in [0.1, 0.15) is 23.0 Å². The molecule has 1 aliphatic heterocycles. The number of aromatic nitrogens is 1. The van der Waals surface area contributed by atoms with Crippen LogP contribution in [-0.4, -0.2) is 36.7 Å². The van der Waals surface area contributed by atoms with Gasteiger partial charge in [0.25, 0.3) is 5.91 Å². The van der Waals surface area contributed by atoms with Crippen molar-refractivity contribution in [2.24, 2.45) is 4.99 Å². The molecular formula is C24H24N4O4. The molecule has 0 atom stereocenters. The molecule has 0 aliphatic carbocycles. The van der Waals surface area contributed by atoms with E-state index < -0.39 is 0 Å². The number of rotatable bonds is 6. The minimum absolute atomic E-state index is 0.294. The Kier molecular flexibility index (Phi) is 6.81. The quantitative estimate of drug-likeness (QED) is 0.456. The summed E-state index contributed by atoms with van der Waals surface area (Å²) in [6, 6.07) is 18.0. The Labute approximate surface area is 186 Å². The first kappa shape index (κ1) is 21.2. The Morgan fingerprint density at radius 3 is 2.62 bits per heavy atom. The van der Waals surface area contributed by atoms with Crippen LogP contribution in [0.4, 0.5) is 5.69 Å². The summed E-state index contributed by atoms with van der Waals surface area (Å²) in [5.41, 5.74) is 1.98. The summed E-state index contributed by atoms with van der Waals surface area (Å²) in [5, 5.41) is 6.00. The summed E-state index contributed by atoms with van der Waals surface area (Å²) < 4.78 is 16.6. The third-order valence-electron chi connectivity index (χ3n) is 4.59. The molecular weight excluding hydrogens is 408 g/mol. The van der Waals surface area contributed by atoms with Crippen molar-refractivity contribution in [2.45, 2.75) is 13.5 Å². The highest BCUT2D eigenvalue weighted by Gasteiger charge is 2.14. The molecule has 4 rings (SSSR count). The normalized spacial score (nSPS) is 12.7. The Hall–Kier alpha value is -4.07. The number of carbonyl (C=O) groups excluding carboxylic acids is 1. The number of fused-ring (bicyclic) bond motifs is 1. The molecule has 1 amide bonds. The predicted octanol–water partition coefficient (Wildman–Crippen LogP) is 3.65. The second kappa shape index (κ2) is 10.3. The number of nitrogens with one attached hydrogen (secondary N) is 2. The first-order valence-electron chi connectivity index (χ1n) is 10.4. The van der Waals surface area contributed by atoms with Crippen molar-refractivity contribution in [2.75, 3.05) is 25.1 Å². The Morgan fingerprint density at radius 1 is 1.06 bits per heavy atom. The molecule has 2 aromatic carbocycles. The number of amides is 1. The third kappa shape index (κ3) is 5.54. The number of pyridine rings is 1. The number of guanidine groups is 1. The zero-order valence-electron chi connectivity index (χ0n) is 17.7. The van der Waals surface area contributed by atoms with Crippen molar-refractivity contribution in [3.8, 4) is 17.2 Å². The predicted molar refractivity (Wildman–Crippen MR) is 122 cm³/mol. The number of carbonyl (C=O) groups is 1. The van der Waals surface area contributed by atoms with Crippen molar-refractivity contribution in [3.05, 3.63) is 78.1 Å². The fourth-order valence-corrected chi connectivity index (χ4v) is 3.07. The molecule has 0 spiro atoms. The maximum Gasteiger partial charge on any atom is 0.257 e. The molecule has 0 saturated heterocycles. The molecule has 8 heteroatoms. The lowest BCUT2D eigenvalue weighted by atomic mass is 10.2. The third-order valence-corrected chi connectivity index (χ3v) is 4.59. The maximum atomic E-state index is 12.8. The lowest BCUT2D eigenvalue weighted by molar-refractivity contribution is 0.0977. The van der Waals surface area contributed by atoms with Gasteiger partial charge >= 0.3 is 0 Å². The highest BCUT2D eigenvalue weighted by atomic mass is 16.6. The van der Waals surface area contributed by atoms with E-state index in [0.717, 1.165) is 5.69 Å². The first-order valence-corrected chi connectivity index (χ1v) is 10.4. The van der Waals surface area contributed by atoms with E-state index in [0.29, 0.717) is 60.8 Å². The van der Waals surface area contributed by atoms with Crippen LogP contribution in [-0.2, 0) is 6.54 Å². The van der Waals surface area contributed by atoms with Crippen LogP contribution in [0.5, 0.6) is 17.2 Å². The van der Waals surface area contributed by atoms with Crippen LogP contribution in [0.25, 0.3) is 0 Å². The average Bonchev–Trinajstić information content (AvgIpc) is 2.84. The number of aliphatic imine (C=N–C) groups is 1. The number of hydrogen-bond donors (Lipinski definition) is 2. The van der Waals surface area contributed by atoms with Gasteiger partial charge in [-0.05, 0) is 55.5 Å². The minimum Gasteiger partial charge on any atom is -0.494 e. The van der Waals surface area contributed by atoms with Crippen molar-refractivity contribution in [1.82, 2.24) is 10.3 Å². The molecule has 1 aromatic heterocycles. The molecule has 0 fully saturated rings. The van der Waals surface area contributed by atoms with E-state index in [-0.39, 0.29) is 5.91 Å². The van der Waals surface area contributed by atoms with Crippen LogP contribution >= 0.6 is 0 Å². The zero-order valence-corrected chi connectivity index (χ0v) is 17.7. The van der Waals surface area contributed by atoms with Gasteiger partial charge in [-0.25, -0.2) is 4.99 Å². The summed E-state index contributed by atoms with van der Waals surface area (Å²) in [7, 11) is 0.